The fourth-order valence-corrected chi connectivity index (χ4v) is 3.00. The number of aliphatic imine (C=N–C) groups is 1. The minimum atomic E-state index is 0.255. The van der Waals surface area contributed by atoms with E-state index >= 15 is 0 Å². The fraction of sp³-hybridized carbons (Fsp3) is 0.389. The molecule has 1 aromatic heterocycles. The SMILES string of the molecule is CCNC(=NCCCc1ccc(O)cc1)NC(C)c1cccs1. The molecule has 124 valence electrons. The molecule has 1 aromatic carbocycles. The van der Waals surface area contributed by atoms with Crippen LogP contribution >= 0.6 is 11.3 Å². The molecule has 3 N–H and O–H groups in total. The van der Waals surface area contributed by atoms with E-state index in [1.807, 2.05) is 12.1 Å². The van der Waals surface area contributed by atoms with Gasteiger partial charge in [-0.3, -0.25) is 4.99 Å². The van der Waals surface area contributed by atoms with Crippen molar-refractivity contribution in [2.45, 2.75) is 32.7 Å². The van der Waals surface area contributed by atoms with Crippen LogP contribution in [0.4, 0.5) is 0 Å². The Hall–Kier alpha value is -2.01. The molecular formula is C18H25N3OS. The summed E-state index contributed by atoms with van der Waals surface area (Å²) < 4.78 is 0. The second-order valence-corrected chi connectivity index (χ2v) is 6.39. The summed E-state index contributed by atoms with van der Waals surface area (Å²) in [6.07, 6.45) is 1.94. The first-order valence-electron chi connectivity index (χ1n) is 8.05. The Labute approximate surface area is 142 Å². The minimum Gasteiger partial charge on any atom is -0.508 e. The molecule has 0 saturated carbocycles. The number of hydrogen-bond donors (Lipinski definition) is 3. The van der Waals surface area contributed by atoms with Crippen molar-refractivity contribution in [3.8, 4) is 5.75 Å². The number of aromatic hydroxyl groups is 1. The Kier molecular flexibility index (Phi) is 6.94. The zero-order valence-electron chi connectivity index (χ0n) is 13.7. The van der Waals surface area contributed by atoms with Crippen LogP contribution in [-0.2, 0) is 6.42 Å². The molecule has 0 aliphatic rings. The third-order valence-electron chi connectivity index (χ3n) is 3.50. The van der Waals surface area contributed by atoms with E-state index < -0.39 is 0 Å². The molecule has 1 atom stereocenters. The molecule has 2 aromatic rings. The van der Waals surface area contributed by atoms with Gasteiger partial charge < -0.3 is 15.7 Å². The molecule has 0 aliphatic carbocycles. The van der Waals surface area contributed by atoms with Crippen LogP contribution in [-0.4, -0.2) is 24.2 Å². The smallest absolute Gasteiger partial charge is 0.191 e. The number of phenolic OH excluding ortho intramolecular Hbond substituents is 1. The number of guanidine groups is 1. The first kappa shape index (κ1) is 17.3. The normalized spacial score (nSPS) is 12.9. The van der Waals surface area contributed by atoms with E-state index in [4.69, 9.17) is 0 Å². The van der Waals surface area contributed by atoms with Gasteiger partial charge in [0.2, 0.25) is 0 Å². The van der Waals surface area contributed by atoms with E-state index in [0.717, 1.165) is 31.9 Å². The van der Waals surface area contributed by atoms with Crippen LogP contribution in [0, 0.1) is 0 Å². The molecule has 0 amide bonds. The quantitative estimate of drug-likeness (QED) is 0.412. The Morgan fingerprint density at radius 1 is 1.26 bits per heavy atom. The largest absolute Gasteiger partial charge is 0.508 e. The number of benzene rings is 1. The zero-order valence-corrected chi connectivity index (χ0v) is 14.6. The molecule has 0 saturated heterocycles. The van der Waals surface area contributed by atoms with Gasteiger partial charge in [0.15, 0.2) is 5.96 Å². The number of rotatable bonds is 7. The summed E-state index contributed by atoms with van der Waals surface area (Å²) in [7, 11) is 0. The first-order valence-corrected chi connectivity index (χ1v) is 8.93. The van der Waals surface area contributed by atoms with Gasteiger partial charge in [-0.1, -0.05) is 18.2 Å². The Morgan fingerprint density at radius 3 is 2.70 bits per heavy atom. The third-order valence-corrected chi connectivity index (χ3v) is 4.55. The Bertz CT molecular complexity index is 593. The Morgan fingerprint density at radius 2 is 2.04 bits per heavy atom. The van der Waals surface area contributed by atoms with E-state index in [9.17, 15) is 5.11 Å². The van der Waals surface area contributed by atoms with Crippen LogP contribution in [0.5, 0.6) is 5.75 Å². The van der Waals surface area contributed by atoms with Crippen LogP contribution in [0.3, 0.4) is 0 Å². The van der Waals surface area contributed by atoms with Gasteiger partial charge in [-0.15, -0.1) is 11.3 Å². The van der Waals surface area contributed by atoms with Crippen molar-refractivity contribution in [1.82, 2.24) is 10.6 Å². The number of phenols is 1. The standard InChI is InChI=1S/C18H25N3OS/c1-3-19-18(21-14(2)17-7-5-13-23-17)20-12-4-6-15-8-10-16(22)11-9-15/h5,7-11,13-14,22H,3-4,6,12H2,1-2H3,(H2,19,20,21). The highest BCUT2D eigenvalue weighted by Crippen LogP contribution is 2.17. The maximum atomic E-state index is 9.28. The Balaban J connectivity index is 1.82. The predicted molar refractivity (Wildman–Crippen MR) is 98.3 cm³/mol. The molecule has 1 heterocycles. The van der Waals surface area contributed by atoms with Crippen molar-refractivity contribution in [1.29, 1.82) is 0 Å². The molecule has 0 aliphatic heterocycles. The number of hydrogen-bond acceptors (Lipinski definition) is 3. The number of thiophene rings is 1. The summed E-state index contributed by atoms with van der Waals surface area (Å²) in [5, 5.41) is 18.1. The lowest BCUT2D eigenvalue weighted by Crippen LogP contribution is -2.38. The molecule has 23 heavy (non-hydrogen) atoms. The lowest BCUT2D eigenvalue weighted by Gasteiger charge is -2.16. The van der Waals surface area contributed by atoms with Crippen molar-refractivity contribution >= 4 is 17.3 Å². The summed E-state index contributed by atoms with van der Waals surface area (Å²) in [5.74, 6) is 1.17. The van der Waals surface area contributed by atoms with E-state index in [1.165, 1.54) is 10.4 Å². The summed E-state index contributed by atoms with van der Waals surface area (Å²) in [6, 6.07) is 11.8. The van der Waals surface area contributed by atoms with Crippen molar-refractivity contribution in [2.24, 2.45) is 4.99 Å². The van der Waals surface area contributed by atoms with Crippen LogP contribution in [0.1, 0.15) is 36.8 Å². The van der Waals surface area contributed by atoms with E-state index in [2.05, 4.69) is 47.0 Å². The summed E-state index contributed by atoms with van der Waals surface area (Å²) >= 11 is 1.75. The van der Waals surface area contributed by atoms with Gasteiger partial charge in [-0.25, -0.2) is 0 Å². The average molecular weight is 331 g/mol. The highest BCUT2D eigenvalue weighted by atomic mass is 32.1. The lowest BCUT2D eigenvalue weighted by molar-refractivity contribution is 0.475. The third kappa shape index (κ3) is 5.94. The van der Waals surface area contributed by atoms with E-state index in [1.54, 1.807) is 23.5 Å². The molecular weight excluding hydrogens is 306 g/mol. The molecule has 2 rings (SSSR count). The van der Waals surface area contributed by atoms with Gasteiger partial charge in [-0.05, 0) is 55.8 Å². The molecule has 0 radical (unpaired) electrons. The lowest BCUT2D eigenvalue weighted by atomic mass is 10.1. The summed E-state index contributed by atoms with van der Waals surface area (Å²) in [5.41, 5.74) is 1.22. The maximum Gasteiger partial charge on any atom is 0.191 e. The van der Waals surface area contributed by atoms with Gasteiger partial charge in [0, 0.05) is 18.0 Å². The second-order valence-electron chi connectivity index (χ2n) is 5.41. The molecule has 1 unspecified atom stereocenters. The van der Waals surface area contributed by atoms with E-state index in [0.29, 0.717) is 5.75 Å². The average Bonchev–Trinajstić information content (AvgIpc) is 3.08. The molecule has 0 spiro atoms. The summed E-state index contributed by atoms with van der Waals surface area (Å²) in [6.45, 7) is 5.84. The molecule has 0 bridgehead atoms. The van der Waals surface area contributed by atoms with E-state index in [-0.39, 0.29) is 6.04 Å². The van der Waals surface area contributed by atoms with Gasteiger partial charge in [0.25, 0.3) is 0 Å². The minimum absolute atomic E-state index is 0.255. The van der Waals surface area contributed by atoms with Gasteiger partial charge in [0.1, 0.15) is 5.75 Å². The highest BCUT2D eigenvalue weighted by molar-refractivity contribution is 7.10. The van der Waals surface area contributed by atoms with Crippen molar-refractivity contribution in [3.63, 3.8) is 0 Å². The van der Waals surface area contributed by atoms with Gasteiger partial charge in [0.05, 0.1) is 6.04 Å². The monoisotopic (exact) mass is 331 g/mol. The topological polar surface area (TPSA) is 56.7 Å². The van der Waals surface area contributed by atoms with Crippen molar-refractivity contribution in [3.05, 3.63) is 52.2 Å². The highest BCUT2D eigenvalue weighted by Gasteiger charge is 2.08. The fourth-order valence-electron chi connectivity index (χ4n) is 2.27. The van der Waals surface area contributed by atoms with Crippen LogP contribution < -0.4 is 10.6 Å². The van der Waals surface area contributed by atoms with Crippen LogP contribution in [0.15, 0.2) is 46.8 Å². The molecule has 5 heteroatoms. The first-order chi connectivity index (χ1) is 11.2. The molecule has 0 fully saturated rings. The van der Waals surface area contributed by atoms with Crippen molar-refractivity contribution < 1.29 is 5.11 Å². The van der Waals surface area contributed by atoms with Crippen LogP contribution in [0.2, 0.25) is 0 Å². The van der Waals surface area contributed by atoms with Crippen LogP contribution in [0.25, 0.3) is 0 Å². The number of nitrogens with zero attached hydrogens (tertiary/aromatic N) is 1. The number of aryl methyl sites for hydroxylation is 1. The predicted octanol–water partition coefficient (Wildman–Crippen LogP) is 3.70. The maximum absolute atomic E-state index is 9.28. The molecule has 4 nitrogen and oxygen atoms in total. The summed E-state index contributed by atoms with van der Waals surface area (Å²) in [4.78, 5) is 5.95. The zero-order chi connectivity index (χ0) is 16.5. The second kappa shape index (κ2) is 9.20. The number of nitrogens with one attached hydrogen (secondary N) is 2. The van der Waals surface area contributed by atoms with Crippen molar-refractivity contribution in [2.75, 3.05) is 13.1 Å². The van der Waals surface area contributed by atoms with Gasteiger partial charge >= 0.3 is 0 Å². The van der Waals surface area contributed by atoms with Gasteiger partial charge in [-0.2, -0.15) is 0 Å².